The number of aromatic nitrogens is 3. The van der Waals surface area contributed by atoms with Gasteiger partial charge in [0.1, 0.15) is 11.4 Å². The number of aryl methyl sites for hydroxylation is 1. The number of rotatable bonds is 10. The van der Waals surface area contributed by atoms with E-state index in [0.29, 0.717) is 17.5 Å². The summed E-state index contributed by atoms with van der Waals surface area (Å²) in [5.74, 6) is 1.00. The van der Waals surface area contributed by atoms with Crippen LogP contribution < -0.4 is 10.1 Å². The van der Waals surface area contributed by atoms with E-state index < -0.39 is 4.92 Å². The van der Waals surface area contributed by atoms with Crippen molar-refractivity contribution in [2.45, 2.75) is 38.6 Å². The summed E-state index contributed by atoms with van der Waals surface area (Å²) in [4.78, 5) is 23.0. The summed E-state index contributed by atoms with van der Waals surface area (Å²) in [5, 5.41) is 22.8. The van der Waals surface area contributed by atoms with Gasteiger partial charge in [0.25, 0.3) is 5.69 Å². The van der Waals surface area contributed by atoms with Crippen molar-refractivity contribution in [2.75, 3.05) is 11.1 Å². The van der Waals surface area contributed by atoms with Crippen LogP contribution in [0.25, 0.3) is 0 Å². The highest BCUT2D eigenvalue weighted by molar-refractivity contribution is 7.99. The van der Waals surface area contributed by atoms with E-state index in [1.165, 1.54) is 23.9 Å². The second-order valence-corrected chi connectivity index (χ2v) is 8.25. The number of hydrogen-bond donors (Lipinski definition) is 1. The Morgan fingerprint density at radius 2 is 2.03 bits per heavy atom. The SMILES string of the molecule is C=CCn1c(SCC(=O)Nc2ccccc2[N+](=O)[O-])nnc1C(C)Oc1cccc(C)c1C. The molecule has 3 rings (SSSR count). The monoisotopic (exact) mass is 467 g/mol. The van der Waals surface area contributed by atoms with Crippen LogP contribution >= 0.6 is 11.8 Å². The smallest absolute Gasteiger partial charge is 0.292 e. The van der Waals surface area contributed by atoms with Crippen molar-refractivity contribution in [3.05, 3.63) is 82.2 Å². The summed E-state index contributed by atoms with van der Waals surface area (Å²) in [6.45, 7) is 10.2. The zero-order valence-electron chi connectivity index (χ0n) is 18.6. The molecule has 0 saturated heterocycles. The van der Waals surface area contributed by atoms with Gasteiger partial charge in [-0.1, -0.05) is 42.1 Å². The van der Waals surface area contributed by atoms with Crippen molar-refractivity contribution in [2.24, 2.45) is 0 Å². The standard InChI is InChI=1S/C23H25N5O4S/c1-5-13-27-22(17(4)32-20-12-8-9-15(2)16(20)3)25-26-23(27)33-14-21(29)24-18-10-6-7-11-19(18)28(30)31/h5-12,17H,1,13-14H2,2-4H3,(H,24,29). The normalized spacial score (nSPS) is 11.6. The van der Waals surface area contributed by atoms with Crippen LogP contribution in [0.5, 0.6) is 5.75 Å². The lowest BCUT2D eigenvalue weighted by molar-refractivity contribution is -0.383. The molecular weight excluding hydrogens is 442 g/mol. The van der Waals surface area contributed by atoms with Crippen LogP contribution in [0.1, 0.15) is 30.0 Å². The van der Waals surface area contributed by atoms with E-state index in [-0.39, 0.29) is 29.1 Å². The Hall–Kier alpha value is -3.66. The second-order valence-electron chi connectivity index (χ2n) is 7.31. The summed E-state index contributed by atoms with van der Waals surface area (Å²) in [7, 11) is 0. The lowest BCUT2D eigenvalue weighted by Crippen LogP contribution is -2.16. The predicted octanol–water partition coefficient (Wildman–Crippen LogP) is 4.86. The number of ether oxygens (including phenoxy) is 1. The minimum Gasteiger partial charge on any atom is -0.482 e. The summed E-state index contributed by atoms with van der Waals surface area (Å²) in [6.07, 6.45) is 1.34. The van der Waals surface area contributed by atoms with Gasteiger partial charge in [0.05, 0.1) is 10.7 Å². The van der Waals surface area contributed by atoms with Gasteiger partial charge in [-0.15, -0.1) is 16.8 Å². The average molecular weight is 468 g/mol. The number of nitro groups is 1. The molecule has 1 aromatic heterocycles. The molecule has 1 heterocycles. The summed E-state index contributed by atoms with van der Waals surface area (Å²) in [6, 6.07) is 11.9. The molecule has 0 aliphatic heterocycles. The third-order valence-corrected chi connectivity index (χ3v) is 5.95. The highest BCUT2D eigenvalue weighted by Crippen LogP contribution is 2.28. The maximum Gasteiger partial charge on any atom is 0.292 e. The van der Waals surface area contributed by atoms with E-state index in [1.807, 2.05) is 43.5 Å². The molecule has 1 atom stereocenters. The Morgan fingerprint density at radius 1 is 1.27 bits per heavy atom. The molecule has 0 radical (unpaired) electrons. The van der Waals surface area contributed by atoms with E-state index in [0.717, 1.165) is 16.9 Å². The Bertz CT molecular complexity index is 1180. The lowest BCUT2D eigenvalue weighted by Gasteiger charge is -2.18. The van der Waals surface area contributed by atoms with Gasteiger partial charge >= 0.3 is 0 Å². The molecule has 0 aliphatic rings. The Morgan fingerprint density at radius 3 is 2.76 bits per heavy atom. The largest absolute Gasteiger partial charge is 0.482 e. The Balaban J connectivity index is 1.71. The van der Waals surface area contributed by atoms with E-state index in [4.69, 9.17) is 4.74 Å². The Kier molecular flexibility index (Phi) is 7.83. The topological polar surface area (TPSA) is 112 Å². The molecule has 0 fully saturated rings. The summed E-state index contributed by atoms with van der Waals surface area (Å²) in [5.41, 5.74) is 2.18. The fourth-order valence-corrected chi connectivity index (χ4v) is 3.91. The lowest BCUT2D eigenvalue weighted by atomic mass is 10.1. The first-order valence-corrected chi connectivity index (χ1v) is 11.2. The van der Waals surface area contributed by atoms with Gasteiger partial charge in [-0.3, -0.25) is 19.5 Å². The van der Waals surface area contributed by atoms with Crippen molar-refractivity contribution in [1.29, 1.82) is 0 Å². The second kappa shape index (κ2) is 10.8. The highest BCUT2D eigenvalue weighted by Gasteiger charge is 2.21. The van der Waals surface area contributed by atoms with E-state index >= 15 is 0 Å². The molecule has 0 spiro atoms. The molecule has 0 bridgehead atoms. The molecule has 1 amide bonds. The molecule has 1 N–H and O–H groups in total. The molecule has 1 unspecified atom stereocenters. The Labute approximate surface area is 196 Å². The first-order valence-electron chi connectivity index (χ1n) is 10.2. The van der Waals surface area contributed by atoms with E-state index in [1.54, 1.807) is 18.2 Å². The van der Waals surface area contributed by atoms with Crippen LogP contribution in [0.15, 0.2) is 60.3 Å². The third-order valence-electron chi connectivity index (χ3n) is 4.99. The number of nitrogens with one attached hydrogen (secondary N) is 1. The number of nitrogens with zero attached hydrogens (tertiary/aromatic N) is 4. The van der Waals surface area contributed by atoms with Gasteiger partial charge in [-0.25, -0.2) is 0 Å². The van der Waals surface area contributed by atoms with Gasteiger partial charge < -0.3 is 10.1 Å². The van der Waals surface area contributed by atoms with Gasteiger partial charge in [0, 0.05) is 12.6 Å². The van der Waals surface area contributed by atoms with Crippen molar-refractivity contribution in [3.63, 3.8) is 0 Å². The van der Waals surface area contributed by atoms with Crippen LogP contribution in [0.3, 0.4) is 0 Å². The summed E-state index contributed by atoms with van der Waals surface area (Å²) >= 11 is 1.18. The van der Waals surface area contributed by atoms with Gasteiger partial charge in [-0.2, -0.15) is 0 Å². The molecule has 3 aromatic rings. The van der Waals surface area contributed by atoms with Crippen LogP contribution in [0.4, 0.5) is 11.4 Å². The minimum absolute atomic E-state index is 0.00749. The minimum atomic E-state index is -0.535. The number of amides is 1. The van der Waals surface area contributed by atoms with Crippen LogP contribution in [0.2, 0.25) is 0 Å². The first kappa shape index (κ1) is 24.0. The number of carbonyl (C=O) groups is 1. The van der Waals surface area contributed by atoms with Crippen molar-refractivity contribution < 1.29 is 14.5 Å². The van der Waals surface area contributed by atoms with Gasteiger partial charge in [0.2, 0.25) is 5.91 Å². The predicted molar refractivity (Wildman–Crippen MR) is 128 cm³/mol. The average Bonchev–Trinajstić information content (AvgIpc) is 3.18. The van der Waals surface area contributed by atoms with Gasteiger partial charge in [0.15, 0.2) is 17.1 Å². The maximum atomic E-state index is 12.4. The number of anilines is 1. The molecule has 0 saturated carbocycles. The fourth-order valence-electron chi connectivity index (χ4n) is 3.16. The molecule has 10 heteroatoms. The van der Waals surface area contributed by atoms with E-state index in [2.05, 4.69) is 22.1 Å². The van der Waals surface area contributed by atoms with Gasteiger partial charge in [-0.05, 0) is 44.0 Å². The number of carbonyl (C=O) groups excluding carboxylic acids is 1. The zero-order valence-corrected chi connectivity index (χ0v) is 19.5. The van der Waals surface area contributed by atoms with Crippen LogP contribution in [-0.2, 0) is 11.3 Å². The van der Waals surface area contributed by atoms with Crippen molar-refractivity contribution >= 4 is 29.0 Å². The van der Waals surface area contributed by atoms with Crippen molar-refractivity contribution in [1.82, 2.24) is 14.8 Å². The van der Waals surface area contributed by atoms with Crippen LogP contribution in [-0.4, -0.2) is 31.3 Å². The molecule has 172 valence electrons. The highest BCUT2D eigenvalue weighted by atomic mass is 32.2. The maximum absolute atomic E-state index is 12.4. The molecule has 2 aromatic carbocycles. The number of benzene rings is 2. The number of nitro benzene ring substituents is 1. The van der Waals surface area contributed by atoms with E-state index in [9.17, 15) is 14.9 Å². The quantitative estimate of drug-likeness (QED) is 0.196. The summed E-state index contributed by atoms with van der Waals surface area (Å²) < 4.78 is 7.98. The number of para-hydroxylation sites is 2. The molecule has 33 heavy (non-hydrogen) atoms. The zero-order chi connectivity index (χ0) is 24.0. The number of thioether (sulfide) groups is 1. The molecule has 0 aliphatic carbocycles. The number of allylic oxidation sites excluding steroid dienone is 1. The fraction of sp³-hybridized carbons (Fsp3) is 0.261. The molecule has 9 nitrogen and oxygen atoms in total. The molecular formula is C23H25N5O4S. The first-order chi connectivity index (χ1) is 15.8. The van der Waals surface area contributed by atoms with Crippen molar-refractivity contribution in [3.8, 4) is 5.75 Å². The number of hydrogen-bond acceptors (Lipinski definition) is 7. The van der Waals surface area contributed by atoms with Crippen LogP contribution in [0, 0.1) is 24.0 Å². The third kappa shape index (κ3) is 5.78.